The lowest BCUT2D eigenvalue weighted by Gasteiger charge is -1.94. The van der Waals surface area contributed by atoms with E-state index in [4.69, 9.17) is 10.2 Å². The number of carbonyl (C=O) groups is 2. The van der Waals surface area contributed by atoms with E-state index in [1.807, 2.05) is 0 Å². The van der Waals surface area contributed by atoms with Gasteiger partial charge >= 0.3 is 5.97 Å². The van der Waals surface area contributed by atoms with Crippen LogP contribution in [0.4, 0.5) is 0 Å². The lowest BCUT2D eigenvalue weighted by atomic mass is 10.1. The maximum absolute atomic E-state index is 10.5. The Hall–Kier alpha value is -0.900. The summed E-state index contributed by atoms with van der Waals surface area (Å²) >= 11 is 0. The topological polar surface area (TPSA) is 74.6 Å². The van der Waals surface area contributed by atoms with E-state index >= 15 is 0 Å². The number of rotatable bonds is 8. The van der Waals surface area contributed by atoms with Crippen molar-refractivity contribution in [1.82, 2.24) is 0 Å². The molecule has 0 rings (SSSR count). The lowest BCUT2D eigenvalue weighted by Crippen LogP contribution is -2.11. The van der Waals surface area contributed by atoms with E-state index in [-0.39, 0.29) is 6.42 Å². The first-order valence-electron chi connectivity index (χ1n) is 5.97. The van der Waals surface area contributed by atoms with Crippen LogP contribution in [0.25, 0.3) is 0 Å². The SMILES string of the molecule is CCCCCCC(=O)C(=O)O.CCCCO. The Morgan fingerprint density at radius 1 is 0.938 bits per heavy atom. The molecule has 0 fully saturated rings. The van der Waals surface area contributed by atoms with Gasteiger partial charge in [0.15, 0.2) is 0 Å². The Bertz CT molecular complexity index is 176. The van der Waals surface area contributed by atoms with Gasteiger partial charge in [0.2, 0.25) is 5.78 Å². The molecule has 96 valence electrons. The van der Waals surface area contributed by atoms with Crippen molar-refractivity contribution in [2.75, 3.05) is 6.61 Å². The van der Waals surface area contributed by atoms with Crippen LogP contribution in [-0.2, 0) is 9.59 Å². The number of aliphatic hydroxyl groups is 1. The molecule has 0 aromatic heterocycles. The number of carboxylic acid groups (broad SMARTS) is 1. The molecular weight excluding hydrogens is 208 g/mol. The molecule has 0 bridgehead atoms. The highest BCUT2D eigenvalue weighted by Gasteiger charge is 2.09. The van der Waals surface area contributed by atoms with Gasteiger partial charge in [-0.05, 0) is 12.8 Å². The molecule has 0 aliphatic rings. The van der Waals surface area contributed by atoms with Gasteiger partial charge in [-0.1, -0.05) is 39.5 Å². The molecule has 0 heterocycles. The second kappa shape index (κ2) is 14.1. The van der Waals surface area contributed by atoms with Crippen LogP contribution >= 0.6 is 0 Å². The van der Waals surface area contributed by atoms with E-state index in [1.165, 1.54) is 0 Å². The second-order valence-corrected chi connectivity index (χ2v) is 3.62. The molecule has 4 heteroatoms. The summed E-state index contributed by atoms with van der Waals surface area (Å²) in [6, 6.07) is 0. The number of carboxylic acids is 1. The third-order valence-electron chi connectivity index (χ3n) is 2.01. The minimum absolute atomic E-state index is 0.190. The third-order valence-corrected chi connectivity index (χ3v) is 2.01. The van der Waals surface area contributed by atoms with Crippen molar-refractivity contribution in [3.63, 3.8) is 0 Å². The third kappa shape index (κ3) is 15.6. The van der Waals surface area contributed by atoms with Crippen molar-refractivity contribution >= 4 is 11.8 Å². The summed E-state index contributed by atoms with van der Waals surface area (Å²) in [5.74, 6) is -1.97. The highest BCUT2D eigenvalue weighted by molar-refractivity contribution is 6.32. The standard InChI is InChI=1S/C8H14O3.C4H10O/c1-2-3-4-5-6-7(9)8(10)11;1-2-3-4-5/h2-6H2,1H3,(H,10,11);5H,2-4H2,1H3. The van der Waals surface area contributed by atoms with E-state index < -0.39 is 11.8 Å². The van der Waals surface area contributed by atoms with Gasteiger partial charge in [-0.15, -0.1) is 0 Å². The zero-order valence-electron chi connectivity index (χ0n) is 10.4. The minimum atomic E-state index is -1.30. The normalized spacial score (nSPS) is 9.19. The summed E-state index contributed by atoms with van der Waals surface area (Å²) in [5, 5.41) is 16.3. The van der Waals surface area contributed by atoms with Crippen LogP contribution in [0.1, 0.15) is 58.8 Å². The maximum Gasteiger partial charge on any atom is 0.372 e. The summed E-state index contributed by atoms with van der Waals surface area (Å²) in [7, 11) is 0. The average molecular weight is 232 g/mol. The number of aliphatic carboxylic acids is 1. The smallest absolute Gasteiger partial charge is 0.372 e. The number of hydrogen-bond donors (Lipinski definition) is 2. The van der Waals surface area contributed by atoms with Gasteiger partial charge in [0.05, 0.1) is 0 Å². The number of carbonyl (C=O) groups excluding carboxylic acids is 1. The highest BCUT2D eigenvalue weighted by Crippen LogP contribution is 2.02. The van der Waals surface area contributed by atoms with Crippen molar-refractivity contribution in [1.29, 1.82) is 0 Å². The fourth-order valence-corrected chi connectivity index (χ4v) is 0.977. The molecular formula is C12H24O4. The molecule has 16 heavy (non-hydrogen) atoms. The first-order chi connectivity index (χ1) is 7.59. The van der Waals surface area contributed by atoms with Crippen LogP contribution in [0.5, 0.6) is 0 Å². The summed E-state index contributed by atoms with van der Waals surface area (Å²) in [5.41, 5.74) is 0. The quantitative estimate of drug-likeness (QED) is 0.497. The van der Waals surface area contributed by atoms with Crippen molar-refractivity contribution in [3.8, 4) is 0 Å². The Morgan fingerprint density at radius 3 is 1.81 bits per heavy atom. The monoisotopic (exact) mass is 232 g/mol. The first kappa shape index (κ1) is 17.5. The largest absolute Gasteiger partial charge is 0.476 e. The van der Waals surface area contributed by atoms with Gasteiger partial charge in [0.25, 0.3) is 0 Å². The van der Waals surface area contributed by atoms with Gasteiger partial charge in [-0.3, -0.25) is 4.79 Å². The maximum atomic E-state index is 10.5. The summed E-state index contributed by atoms with van der Waals surface area (Å²) in [4.78, 5) is 20.5. The molecule has 0 amide bonds. The molecule has 2 N–H and O–H groups in total. The first-order valence-corrected chi connectivity index (χ1v) is 5.97. The Kier molecular flexibility index (Phi) is 15.4. The molecule has 0 spiro atoms. The van der Waals surface area contributed by atoms with Crippen molar-refractivity contribution in [2.45, 2.75) is 58.8 Å². The summed E-state index contributed by atoms with van der Waals surface area (Å²) < 4.78 is 0. The molecule has 0 atom stereocenters. The number of Topliss-reactive ketones (excluding diaryl/α,β-unsaturated/α-hetero) is 1. The van der Waals surface area contributed by atoms with Gasteiger partial charge < -0.3 is 10.2 Å². The lowest BCUT2D eigenvalue weighted by molar-refractivity contribution is -0.149. The molecule has 0 aliphatic heterocycles. The van der Waals surface area contributed by atoms with Crippen LogP contribution in [0.2, 0.25) is 0 Å². The molecule has 0 aliphatic carbocycles. The minimum Gasteiger partial charge on any atom is -0.476 e. The van der Waals surface area contributed by atoms with E-state index in [0.717, 1.165) is 32.1 Å². The van der Waals surface area contributed by atoms with Crippen molar-refractivity contribution in [3.05, 3.63) is 0 Å². The molecule has 0 aromatic rings. The Morgan fingerprint density at radius 2 is 1.50 bits per heavy atom. The molecule has 0 radical (unpaired) electrons. The number of unbranched alkanes of at least 4 members (excludes halogenated alkanes) is 4. The van der Waals surface area contributed by atoms with E-state index in [2.05, 4.69) is 13.8 Å². The number of ketones is 1. The van der Waals surface area contributed by atoms with Gasteiger partial charge in [-0.2, -0.15) is 0 Å². The summed E-state index contributed by atoms with van der Waals surface area (Å²) in [6.07, 6.45) is 6.06. The van der Waals surface area contributed by atoms with Crippen molar-refractivity contribution in [2.24, 2.45) is 0 Å². The molecule has 0 saturated heterocycles. The fourth-order valence-electron chi connectivity index (χ4n) is 0.977. The fraction of sp³-hybridized carbons (Fsp3) is 0.833. The molecule has 0 aromatic carbocycles. The van der Waals surface area contributed by atoms with E-state index in [0.29, 0.717) is 13.0 Å². The zero-order valence-corrected chi connectivity index (χ0v) is 10.4. The molecule has 0 unspecified atom stereocenters. The number of aliphatic hydroxyl groups excluding tert-OH is 1. The molecule has 0 saturated carbocycles. The summed E-state index contributed by atoms with van der Waals surface area (Å²) in [6.45, 7) is 4.46. The van der Waals surface area contributed by atoms with Gasteiger partial charge in [0, 0.05) is 13.0 Å². The van der Waals surface area contributed by atoms with E-state index in [9.17, 15) is 9.59 Å². The van der Waals surface area contributed by atoms with Gasteiger partial charge in [-0.25, -0.2) is 4.79 Å². The zero-order chi connectivity index (χ0) is 12.8. The van der Waals surface area contributed by atoms with Gasteiger partial charge in [0.1, 0.15) is 0 Å². The number of hydrogen-bond acceptors (Lipinski definition) is 3. The Labute approximate surface area is 97.7 Å². The second-order valence-electron chi connectivity index (χ2n) is 3.62. The predicted octanol–water partition coefficient (Wildman–Crippen LogP) is 2.39. The van der Waals surface area contributed by atoms with Crippen LogP contribution in [0, 0.1) is 0 Å². The average Bonchev–Trinajstić information content (AvgIpc) is 2.26. The van der Waals surface area contributed by atoms with E-state index in [1.54, 1.807) is 0 Å². The van der Waals surface area contributed by atoms with Crippen LogP contribution in [0.3, 0.4) is 0 Å². The van der Waals surface area contributed by atoms with Crippen LogP contribution < -0.4 is 0 Å². The molecule has 4 nitrogen and oxygen atoms in total. The van der Waals surface area contributed by atoms with Crippen LogP contribution in [0.15, 0.2) is 0 Å². The Balaban J connectivity index is 0. The van der Waals surface area contributed by atoms with Crippen molar-refractivity contribution < 1.29 is 19.8 Å². The predicted molar refractivity (Wildman–Crippen MR) is 63.4 cm³/mol. The van der Waals surface area contributed by atoms with Crippen LogP contribution in [-0.4, -0.2) is 28.6 Å². The highest BCUT2D eigenvalue weighted by atomic mass is 16.4.